The second kappa shape index (κ2) is 6.95. The van der Waals surface area contributed by atoms with Crippen LogP contribution in [0.2, 0.25) is 0 Å². The highest BCUT2D eigenvalue weighted by atomic mass is 32.2. The number of benzene rings is 2. The Hall–Kier alpha value is -2.54. The molecule has 2 rings (SSSR count). The van der Waals surface area contributed by atoms with Gasteiger partial charge in [0.05, 0.1) is 6.61 Å². The van der Waals surface area contributed by atoms with Crippen molar-refractivity contribution in [1.82, 2.24) is 0 Å². The van der Waals surface area contributed by atoms with Crippen molar-refractivity contribution in [3.63, 3.8) is 0 Å². The third-order valence-electron chi connectivity index (χ3n) is 2.59. The average Bonchev–Trinajstić information content (AvgIpc) is 2.48. The summed E-state index contributed by atoms with van der Waals surface area (Å²) in [5, 5.41) is 2.47. The Morgan fingerprint density at radius 2 is 1.82 bits per heavy atom. The van der Waals surface area contributed by atoms with Crippen LogP contribution in [0, 0.1) is 0 Å². The summed E-state index contributed by atoms with van der Waals surface area (Å²) in [6, 6.07) is 13.9. The van der Waals surface area contributed by atoms with E-state index in [4.69, 9.17) is 8.92 Å². The minimum Gasteiger partial charge on any atom is -0.450 e. The fourth-order valence-electron chi connectivity index (χ4n) is 1.67. The van der Waals surface area contributed by atoms with E-state index in [1.54, 1.807) is 37.3 Å². The number of amides is 1. The van der Waals surface area contributed by atoms with Gasteiger partial charge in [0, 0.05) is 11.8 Å². The molecule has 6 nitrogen and oxygen atoms in total. The summed E-state index contributed by atoms with van der Waals surface area (Å²) in [6.45, 7) is 1.93. The molecule has 116 valence electrons. The molecule has 0 radical (unpaired) electrons. The van der Waals surface area contributed by atoms with Crippen LogP contribution in [0.4, 0.5) is 10.5 Å². The van der Waals surface area contributed by atoms with Crippen molar-refractivity contribution in [2.45, 2.75) is 11.8 Å². The average molecular weight is 321 g/mol. The zero-order chi connectivity index (χ0) is 16.0. The van der Waals surface area contributed by atoms with Crippen LogP contribution in [-0.4, -0.2) is 21.1 Å². The Labute approximate surface area is 128 Å². The van der Waals surface area contributed by atoms with E-state index in [2.05, 4.69) is 5.32 Å². The number of ether oxygens (including phenoxy) is 1. The maximum atomic E-state index is 12.1. The third kappa shape index (κ3) is 4.23. The lowest BCUT2D eigenvalue weighted by atomic mass is 10.3. The minimum absolute atomic E-state index is 0.0544. The molecule has 22 heavy (non-hydrogen) atoms. The molecule has 0 spiro atoms. The van der Waals surface area contributed by atoms with Crippen LogP contribution in [0.1, 0.15) is 6.92 Å². The van der Waals surface area contributed by atoms with Crippen molar-refractivity contribution in [2.24, 2.45) is 0 Å². The Morgan fingerprint density at radius 1 is 1.09 bits per heavy atom. The highest BCUT2D eigenvalue weighted by Crippen LogP contribution is 2.22. The van der Waals surface area contributed by atoms with Gasteiger partial charge in [0.25, 0.3) is 0 Å². The Morgan fingerprint density at radius 3 is 2.50 bits per heavy atom. The van der Waals surface area contributed by atoms with Crippen LogP contribution < -0.4 is 9.50 Å². The van der Waals surface area contributed by atoms with E-state index in [9.17, 15) is 13.2 Å². The summed E-state index contributed by atoms with van der Waals surface area (Å²) in [5.41, 5.74) is 0.374. The number of rotatable bonds is 5. The molecule has 0 fully saturated rings. The maximum Gasteiger partial charge on any atom is 0.411 e. The monoisotopic (exact) mass is 321 g/mol. The summed E-state index contributed by atoms with van der Waals surface area (Å²) in [6.07, 6.45) is -0.620. The second-order valence-corrected chi connectivity index (χ2v) is 5.77. The van der Waals surface area contributed by atoms with Gasteiger partial charge in [0.1, 0.15) is 10.6 Å². The second-order valence-electron chi connectivity index (χ2n) is 4.22. The molecule has 0 saturated heterocycles. The minimum atomic E-state index is -3.91. The predicted octanol–water partition coefficient (Wildman–Crippen LogP) is 3.02. The molecule has 0 atom stereocenters. The summed E-state index contributed by atoms with van der Waals surface area (Å²) < 4.78 is 34.0. The summed E-state index contributed by atoms with van der Waals surface area (Å²) in [5.74, 6) is 0.0955. The molecule has 2 aromatic carbocycles. The van der Waals surface area contributed by atoms with Crippen molar-refractivity contribution in [2.75, 3.05) is 11.9 Å². The van der Waals surface area contributed by atoms with Gasteiger partial charge in [0.2, 0.25) is 0 Å². The van der Waals surface area contributed by atoms with Crippen LogP contribution in [0.3, 0.4) is 0 Å². The van der Waals surface area contributed by atoms with Gasteiger partial charge in [-0.2, -0.15) is 8.42 Å². The molecule has 0 aliphatic heterocycles. The van der Waals surface area contributed by atoms with Crippen LogP contribution >= 0.6 is 0 Å². The number of carbonyl (C=O) groups excluding carboxylic acids is 1. The standard InChI is InChI=1S/C15H15NO5S/c1-2-20-15(17)16-12-7-6-8-13(11-12)21-22(18,19)14-9-4-3-5-10-14/h3-11H,2H2,1H3,(H,16,17). The normalized spacial score (nSPS) is 10.8. The lowest BCUT2D eigenvalue weighted by Gasteiger charge is -2.09. The van der Waals surface area contributed by atoms with E-state index < -0.39 is 16.2 Å². The van der Waals surface area contributed by atoms with Crippen LogP contribution in [0.5, 0.6) is 5.75 Å². The molecular formula is C15H15NO5S. The molecule has 0 heterocycles. The highest BCUT2D eigenvalue weighted by Gasteiger charge is 2.16. The molecule has 0 aromatic heterocycles. The summed E-state index contributed by atoms with van der Waals surface area (Å²) in [4.78, 5) is 11.4. The first kappa shape index (κ1) is 15.8. The molecular weight excluding hydrogens is 306 g/mol. The molecule has 0 bridgehead atoms. The van der Waals surface area contributed by atoms with E-state index in [1.807, 2.05) is 0 Å². The summed E-state index contributed by atoms with van der Waals surface area (Å²) in [7, 11) is -3.91. The fraction of sp³-hybridized carbons (Fsp3) is 0.133. The van der Waals surface area contributed by atoms with E-state index >= 15 is 0 Å². The van der Waals surface area contributed by atoms with Gasteiger partial charge in [-0.05, 0) is 31.2 Å². The fourth-order valence-corrected chi connectivity index (χ4v) is 2.62. The molecule has 7 heteroatoms. The lowest BCUT2D eigenvalue weighted by molar-refractivity contribution is 0.168. The van der Waals surface area contributed by atoms with E-state index in [0.717, 1.165) is 0 Å². The van der Waals surface area contributed by atoms with Gasteiger partial charge in [-0.1, -0.05) is 24.3 Å². The molecule has 0 saturated carbocycles. The Kier molecular flexibility index (Phi) is 5.00. The Balaban J connectivity index is 2.15. The summed E-state index contributed by atoms with van der Waals surface area (Å²) >= 11 is 0. The topological polar surface area (TPSA) is 81.7 Å². The van der Waals surface area contributed by atoms with Crippen LogP contribution in [0.15, 0.2) is 59.5 Å². The number of nitrogens with one attached hydrogen (secondary N) is 1. The van der Waals surface area contributed by atoms with Gasteiger partial charge < -0.3 is 8.92 Å². The first-order chi connectivity index (χ1) is 10.5. The predicted molar refractivity (Wildman–Crippen MR) is 81.3 cm³/mol. The van der Waals surface area contributed by atoms with Crippen molar-refractivity contribution in [1.29, 1.82) is 0 Å². The van der Waals surface area contributed by atoms with Gasteiger partial charge in [-0.25, -0.2) is 4.79 Å². The number of anilines is 1. The molecule has 0 aliphatic carbocycles. The maximum absolute atomic E-state index is 12.1. The largest absolute Gasteiger partial charge is 0.450 e. The molecule has 1 N–H and O–H groups in total. The van der Waals surface area contributed by atoms with Crippen molar-refractivity contribution in [3.8, 4) is 5.75 Å². The van der Waals surface area contributed by atoms with Gasteiger partial charge >= 0.3 is 16.2 Å². The molecule has 2 aromatic rings. The van der Waals surface area contributed by atoms with Crippen molar-refractivity contribution >= 4 is 21.9 Å². The first-order valence-electron chi connectivity index (χ1n) is 6.54. The first-order valence-corrected chi connectivity index (χ1v) is 7.95. The highest BCUT2D eigenvalue weighted by molar-refractivity contribution is 7.87. The van der Waals surface area contributed by atoms with Crippen molar-refractivity contribution < 1.29 is 22.1 Å². The third-order valence-corrected chi connectivity index (χ3v) is 3.86. The van der Waals surface area contributed by atoms with Gasteiger partial charge in [0.15, 0.2) is 0 Å². The van der Waals surface area contributed by atoms with E-state index in [-0.39, 0.29) is 17.3 Å². The van der Waals surface area contributed by atoms with Gasteiger partial charge in [-0.15, -0.1) is 0 Å². The van der Waals surface area contributed by atoms with E-state index in [1.165, 1.54) is 24.3 Å². The molecule has 1 amide bonds. The van der Waals surface area contributed by atoms with Crippen LogP contribution in [-0.2, 0) is 14.9 Å². The SMILES string of the molecule is CCOC(=O)Nc1cccc(OS(=O)(=O)c2ccccc2)c1. The molecule has 0 unspecified atom stereocenters. The zero-order valence-corrected chi connectivity index (χ0v) is 12.7. The lowest BCUT2D eigenvalue weighted by Crippen LogP contribution is -2.13. The smallest absolute Gasteiger partial charge is 0.411 e. The number of carbonyl (C=O) groups is 1. The number of hydrogen-bond donors (Lipinski definition) is 1. The number of hydrogen-bond acceptors (Lipinski definition) is 5. The molecule has 0 aliphatic rings. The zero-order valence-electron chi connectivity index (χ0n) is 11.9. The van der Waals surface area contributed by atoms with Crippen molar-refractivity contribution in [3.05, 3.63) is 54.6 Å². The quantitative estimate of drug-likeness (QED) is 0.856. The Bertz CT molecular complexity index is 744. The van der Waals surface area contributed by atoms with Crippen LogP contribution in [0.25, 0.3) is 0 Å². The van der Waals surface area contributed by atoms with Gasteiger partial charge in [-0.3, -0.25) is 5.32 Å². The van der Waals surface area contributed by atoms with E-state index in [0.29, 0.717) is 5.69 Å².